The van der Waals surface area contributed by atoms with Crippen molar-refractivity contribution in [2.24, 2.45) is 0 Å². The Bertz CT molecular complexity index is 356. The summed E-state index contributed by atoms with van der Waals surface area (Å²) in [5.41, 5.74) is 2.80. The molecule has 0 atom stereocenters. The summed E-state index contributed by atoms with van der Waals surface area (Å²) in [6.07, 6.45) is -3.48. The van der Waals surface area contributed by atoms with E-state index in [1.54, 1.807) is 0 Å². The van der Waals surface area contributed by atoms with Gasteiger partial charge in [-0.1, -0.05) is 0 Å². The topological polar surface area (TPSA) is 31.9 Å². The third kappa shape index (κ3) is 2.31. The Morgan fingerprint density at radius 2 is 2.20 bits per heavy atom. The van der Waals surface area contributed by atoms with E-state index < -0.39 is 12.7 Å². The average Bonchev–Trinajstić information content (AvgIpc) is 2.45. The zero-order valence-electron chi connectivity index (χ0n) is 8.36. The van der Waals surface area contributed by atoms with Crippen molar-refractivity contribution in [1.82, 2.24) is 15.1 Å². The van der Waals surface area contributed by atoms with Crippen LogP contribution in [0, 0.1) is 6.92 Å². The Hall–Kier alpha value is -1.04. The molecule has 0 unspecified atom stereocenters. The van der Waals surface area contributed by atoms with Gasteiger partial charge in [0.05, 0.1) is 12.2 Å². The predicted octanol–water partition coefficient (Wildman–Crippen LogP) is 1.64. The van der Waals surface area contributed by atoms with Gasteiger partial charge in [-0.3, -0.25) is 10.00 Å². The number of nitrogens with one attached hydrogen (secondary N) is 1. The number of halogens is 3. The Kier molecular flexibility index (Phi) is 2.46. The van der Waals surface area contributed by atoms with Crippen LogP contribution in [0.2, 0.25) is 0 Å². The van der Waals surface area contributed by atoms with Crippen molar-refractivity contribution < 1.29 is 13.2 Å². The molecule has 0 aliphatic carbocycles. The molecule has 0 spiro atoms. The average molecular weight is 219 g/mol. The molecule has 3 nitrogen and oxygen atoms in total. The number of nitrogens with zero attached hydrogens (tertiary/aromatic N) is 2. The number of hydrogen-bond donors (Lipinski definition) is 1. The van der Waals surface area contributed by atoms with Crippen LogP contribution in [0.25, 0.3) is 0 Å². The summed E-state index contributed by atoms with van der Waals surface area (Å²) in [7, 11) is 0. The largest absolute Gasteiger partial charge is 0.401 e. The second-order valence-electron chi connectivity index (χ2n) is 3.85. The van der Waals surface area contributed by atoms with E-state index in [4.69, 9.17) is 0 Å². The maximum Gasteiger partial charge on any atom is 0.401 e. The second-order valence-corrected chi connectivity index (χ2v) is 3.85. The number of rotatable bonds is 1. The molecule has 0 fully saturated rings. The molecule has 1 aliphatic rings. The van der Waals surface area contributed by atoms with Gasteiger partial charge in [-0.05, 0) is 18.9 Å². The van der Waals surface area contributed by atoms with Crippen molar-refractivity contribution in [3.8, 4) is 0 Å². The summed E-state index contributed by atoms with van der Waals surface area (Å²) >= 11 is 0. The summed E-state index contributed by atoms with van der Waals surface area (Å²) < 4.78 is 36.5. The fourth-order valence-electron chi connectivity index (χ4n) is 1.91. The summed E-state index contributed by atoms with van der Waals surface area (Å²) in [6, 6.07) is 0. The van der Waals surface area contributed by atoms with Gasteiger partial charge in [-0.15, -0.1) is 0 Å². The van der Waals surface area contributed by atoms with Crippen LogP contribution in [-0.4, -0.2) is 34.4 Å². The number of alkyl halides is 3. The molecule has 1 aromatic heterocycles. The van der Waals surface area contributed by atoms with E-state index in [0.717, 1.165) is 17.0 Å². The molecule has 0 aromatic carbocycles. The lowest BCUT2D eigenvalue weighted by Crippen LogP contribution is -2.37. The van der Waals surface area contributed by atoms with Crippen molar-refractivity contribution in [1.29, 1.82) is 0 Å². The monoisotopic (exact) mass is 219 g/mol. The van der Waals surface area contributed by atoms with Crippen LogP contribution in [0.1, 0.15) is 17.0 Å². The second kappa shape index (κ2) is 3.52. The summed E-state index contributed by atoms with van der Waals surface area (Å²) in [5.74, 6) is 0. The Labute approximate surface area is 85.3 Å². The highest BCUT2D eigenvalue weighted by atomic mass is 19.4. The standard InChI is InChI=1S/C9H12F3N3/c1-6-7-2-3-15(5-9(10,11)12)4-8(7)14-13-6/h2-5H2,1H3,(H,13,14). The minimum atomic E-state index is -4.12. The Balaban J connectivity index is 2.06. The van der Waals surface area contributed by atoms with Crippen LogP contribution >= 0.6 is 0 Å². The maximum atomic E-state index is 12.2. The van der Waals surface area contributed by atoms with Crippen molar-refractivity contribution in [2.75, 3.05) is 13.1 Å². The lowest BCUT2D eigenvalue weighted by Gasteiger charge is -2.26. The van der Waals surface area contributed by atoms with Gasteiger partial charge in [0.15, 0.2) is 0 Å². The van der Waals surface area contributed by atoms with Crippen molar-refractivity contribution in [3.05, 3.63) is 17.0 Å². The smallest absolute Gasteiger partial charge is 0.289 e. The maximum absolute atomic E-state index is 12.2. The van der Waals surface area contributed by atoms with Crippen LogP contribution in [0.4, 0.5) is 13.2 Å². The van der Waals surface area contributed by atoms with Gasteiger partial charge in [0.2, 0.25) is 0 Å². The highest BCUT2D eigenvalue weighted by molar-refractivity contribution is 5.26. The van der Waals surface area contributed by atoms with E-state index in [1.165, 1.54) is 4.90 Å². The molecule has 0 saturated heterocycles. The van der Waals surface area contributed by atoms with Gasteiger partial charge >= 0.3 is 6.18 Å². The molecule has 2 rings (SSSR count). The first kappa shape index (κ1) is 10.5. The lowest BCUT2D eigenvalue weighted by molar-refractivity contribution is -0.147. The minimum Gasteiger partial charge on any atom is -0.289 e. The van der Waals surface area contributed by atoms with Gasteiger partial charge in [0.25, 0.3) is 0 Å². The minimum absolute atomic E-state index is 0.291. The van der Waals surface area contributed by atoms with E-state index in [1.807, 2.05) is 6.92 Å². The SMILES string of the molecule is Cc1[nH]nc2c1CCN(CC(F)(F)F)C2. The van der Waals surface area contributed by atoms with Crippen molar-refractivity contribution in [3.63, 3.8) is 0 Å². The van der Waals surface area contributed by atoms with Crippen LogP contribution in [0.5, 0.6) is 0 Å². The molecule has 0 amide bonds. The van der Waals surface area contributed by atoms with Crippen LogP contribution in [0.15, 0.2) is 0 Å². The molecule has 6 heteroatoms. The summed E-state index contributed by atoms with van der Waals surface area (Å²) in [5, 5.41) is 6.81. The number of aromatic nitrogens is 2. The molecule has 15 heavy (non-hydrogen) atoms. The van der Waals surface area contributed by atoms with Gasteiger partial charge in [0, 0.05) is 18.8 Å². The zero-order valence-corrected chi connectivity index (χ0v) is 8.36. The van der Waals surface area contributed by atoms with Gasteiger partial charge < -0.3 is 0 Å². The fraction of sp³-hybridized carbons (Fsp3) is 0.667. The van der Waals surface area contributed by atoms with Crippen LogP contribution in [-0.2, 0) is 13.0 Å². The number of aryl methyl sites for hydroxylation is 1. The number of H-pyrrole nitrogens is 1. The normalized spacial score (nSPS) is 17.9. The first-order valence-corrected chi connectivity index (χ1v) is 4.77. The summed E-state index contributed by atoms with van der Waals surface area (Å²) in [4.78, 5) is 1.38. The molecule has 0 radical (unpaired) electrons. The zero-order chi connectivity index (χ0) is 11.1. The molecule has 0 bridgehead atoms. The Morgan fingerprint density at radius 3 is 2.87 bits per heavy atom. The van der Waals surface area contributed by atoms with Crippen molar-refractivity contribution in [2.45, 2.75) is 26.1 Å². The number of aromatic amines is 1. The third-order valence-corrected chi connectivity index (χ3v) is 2.61. The molecule has 84 valence electrons. The molecule has 1 aliphatic heterocycles. The van der Waals surface area contributed by atoms with E-state index in [2.05, 4.69) is 10.2 Å². The third-order valence-electron chi connectivity index (χ3n) is 2.61. The highest BCUT2D eigenvalue weighted by Gasteiger charge is 2.32. The molecular formula is C9H12F3N3. The molecule has 2 heterocycles. The quantitative estimate of drug-likeness (QED) is 0.778. The molecular weight excluding hydrogens is 207 g/mol. The summed E-state index contributed by atoms with van der Waals surface area (Å²) in [6.45, 7) is 1.79. The molecule has 0 saturated carbocycles. The van der Waals surface area contributed by atoms with E-state index in [0.29, 0.717) is 19.5 Å². The lowest BCUT2D eigenvalue weighted by atomic mass is 10.1. The number of fused-ring (bicyclic) bond motifs is 1. The Morgan fingerprint density at radius 1 is 1.47 bits per heavy atom. The molecule has 1 N–H and O–H groups in total. The first-order valence-electron chi connectivity index (χ1n) is 4.77. The predicted molar refractivity (Wildman–Crippen MR) is 48.4 cm³/mol. The van der Waals surface area contributed by atoms with E-state index in [-0.39, 0.29) is 0 Å². The fourth-order valence-corrected chi connectivity index (χ4v) is 1.91. The molecule has 1 aromatic rings. The number of hydrogen-bond acceptors (Lipinski definition) is 2. The van der Waals surface area contributed by atoms with Gasteiger partial charge in [-0.2, -0.15) is 18.3 Å². The van der Waals surface area contributed by atoms with Crippen molar-refractivity contribution >= 4 is 0 Å². The van der Waals surface area contributed by atoms with Gasteiger partial charge in [-0.25, -0.2) is 0 Å². The van der Waals surface area contributed by atoms with Gasteiger partial charge in [0.1, 0.15) is 0 Å². The van der Waals surface area contributed by atoms with E-state index in [9.17, 15) is 13.2 Å². The van der Waals surface area contributed by atoms with E-state index >= 15 is 0 Å². The highest BCUT2D eigenvalue weighted by Crippen LogP contribution is 2.23. The van der Waals surface area contributed by atoms with Crippen LogP contribution < -0.4 is 0 Å². The first-order chi connectivity index (χ1) is 6.96. The van der Waals surface area contributed by atoms with Crippen LogP contribution in [0.3, 0.4) is 0 Å².